The van der Waals surface area contributed by atoms with Gasteiger partial charge in [-0.2, -0.15) is 0 Å². The van der Waals surface area contributed by atoms with Crippen molar-refractivity contribution in [2.75, 3.05) is 0 Å². The van der Waals surface area contributed by atoms with E-state index in [-0.39, 0.29) is 11.8 Å². The Morgan fingerprint density at radius 2 is 1.82 bits per heavy atom. The first-order valence-corrected chi connectivity index (χ1v) is 4.34. The summed E-state index contributed by atoms with van der Waals surface area (Å²) >= 11 is 0. The fourth-order valence-corrected chi connectivity index (χ4v) is 3.03. The van der Waals surface area contributed by atoms with Crippen molar-refractivity contribution in [3.05, 3.63) is 11.1 Å². The van der Waals surface area contributed by atoms with Crippen molar-refractivity contribution in [3.8, 4) is 0 Å². The first kappa shape index (κ1) is 5.81. The molecule has 0 heterocycles. The van der Waals surface area contributed by atoms with Crippen molar-refractivity contribution >= 4 is 5.91 Å². The minimum Gasteiger partial charge on any atom is -0.369 e. The Morgan fingerprint density at radius 3 is 2.27 bits per heavy atom. The molecule has 2 N–H and O–H groups in total. The molecule has 3 rings (SSSR count). The van der Waals surface area contributed by atoms with Gasteiger partial charge in [-0.25, -0.2) is 0 Å². The topological polar surface area (TPSA) is 43.1 Å². The number of hydrogen-bond donors (Lipinski definition) is 1. The predicted octanol–water partition coefficient (Wildman–Crippen LogP) is 0.828. The standard InChI is InChI=1S/C9H11NO/c10-9(11)8-6-4-2-1-3-5(4)7(6)8/h4-5,8H,1-3H2,(H2,10,11)/t4-,5+,8?. The van der Waals surface area contributed by atoms with Crippen molar-refractivity contribution in [2.45, 2.75) is 19.3 Å². The van der Waals surface area contributed by atoms with Crippen LogP contribution in [0.5, 0.6) is 0 Å². The summed E-state index contributed by atoms with van der Waals surface area (Å²) in [5, 5.41) is 0. The largest absolute Gasteiger partial charge is 0.369 e. The summed E-state index contributed by atoms with van der Waals surface area (Å²) in [6.07, 6.45) is 3.98. The second kappa shape index (κ2) is 1.52. The number of carbonyl (C=O) groups is 1. The number of fused-ring (bicyclic) bond motifs is 3. The lowest BCUT2D eigenvalue weighted by Gasteiger charge is -2.18. The van der Waals surface area contributed by atoms with Gasteiger partial charge >= 0.3 is 0 Å². The zero-order chi connectivity index (χ0) is 7.59. The molecule has 0 aromatic rings. The van der Waals surface area contributed by atoms with Crippen molar-refractivity contribution in [2.24, 2.45) is 23.5 Å². The van der Waals surface area contributed by atoms with Gasteiger partial charge in [0.2, 0.25) is 5.91 Å². The molecule has 0 aromatic carbocycles. The van der Waals surface area contributed by atoms with E-state index in [2.05, 4.69) is 0 Å². The molecule has 0 spiro atoms. The Labute approximate surface area is 65.5 Å². The number of rotatable bonds is 1. The van der Waals surface area contributed by atoms with Crippen molar-refractivity contribution in [1.82, 2.24) is 0 Å². The van der Waals surface area contributed by atoms with Crippen LogP contribution in [0, 0.1) is 17.8 Å². The Morgan fingerprint density at radius 1 is 1.27 bits per heavy atom. The quantitative estimate of drug-likeness (QED) is 0.551. The molecule has 1 unspecified atom stereocenters. The SMILES string of the molecule is NC(=O)C1C2=C1[C@@H]1CCC[C@H]21. The van der Waals surface area contributed by atoms with Gasteiger partial charge in [-0.1, -0.05) is 6.42 Å². The Balaban J connectivity index is 1.84. The van der Waals surface area contributed by atoms with Gasteiger partial charge in [0.1, 0.15) is 0 Å². The number of primary amides is 1. The van der Waals surface area contributed by atoms with Crippen LogP contribution in [0.3, 0.4) is 0 Å². The summed E-state index contributed by atoms with van der Waals surface area (Å²) in [6, 6.07) is 0. The highest BCUT2D eigenvalue weighted by Crippen LogP contribution is 2.67. The molecule has 2 nitrogen and oxygen atoms in total. The summed E-state index contributed by atoms with van der Waals surface area (Å²) in [7, 11) is 0. The highest BCUT2D eigenvalue weighted by molar-refractivity contribution is 5.91. The maximum Gasteiger partial charge on any atom is 0.228 e. The maximum absolute atomic E-state index is 10.8. The van der Waals surface area contributed by atoms with E-state index in [1.54, 1.807) is 0 Å². The lowest BCUT2D eigenvalue weighted by Crippen LogP contribution is -2.14. The van der Waals surface area contributed by atoms with E-state index in [0.29, 0.717) is 0 Å². The van der Waals surface area contributed by atoms with Gasteiger partial charge in [-0.15, -0.1) is 0 Å². The van der Waals surface area contributed by atoms with Gasteiger partial charge < -0.3 is 5.73 Å². The molecule has 3 aliphatic rings. The summed E-state index contributed by atoms with van der Waals surface area (Å²) in [5.41, 5.74) is 8.10. The summed E-state index contributed by atoms with van der Waals surface area (Å²) in [6.45, 7) is 0. The van der Waals surface area contributed by atoms with Crippen molar-refractivity contribution < 1.29 is 4.79 Å². The number of hydrogen-bond acceptors (Lipinski definition) is 1. The Bertz CT molecular complexity index is 259. The highest BCUT2D eigenvalue weighted by atomic mass is 16.1. The monoisotopic (exact) mass is 149 g/mol. The smallest absolute Gasteiger partial charge is 0.228 e. The molecule has 0 bridgehead atoms. The molecule has 58 valence electrons. The van der Waals surface area contributed by atoms with Gasteiger partial charge in [-0.05, 0) is 35.8 Å². The van der Waals surface area contributed by atoms with Gasteiger partial charge in [-0.3, -0.25) is 4.79 Å². The van der Waals surface area contributed by atoms with Crippen LogP contribution in [0.1, 0.15) is 19.3 Å². The van der Waals surface area contributed by atoms with Crippen LogP contribution >= 0.6 is 0 Å². The molecule has 3 aliphatic carbocycles. The van der Waals surface area contributed by atoms with Gasteiger partial charge in [0, 0.05) is 0 Å². The lowest BCUT2D eigenvalue weighted by molar-refractivity contribution is -0.118. The van der Waals surface area contributed by atoms with E-state index in [0.717, 1.165) is 11.8 Å². The van der Waals surface area contributed by atoms with E-state index in [1.165, 1.54) is 30.4 Å². The molecular formula is C9H11NO. The first-order chi connectivity index (χ1) is 5.30. The third kappa shape index (κ3) is 0.492. The van der Waals surface area contributed by atoms with Crippen LogP contribution in [-0.2, 0) is 4.79 Å². The Kier molecular flexibility index (Phi) is 0.803. The normalized spacial score (nSPS) is 44.5. The minimum atomic E-state index is -0.107. The summed E-state index contributed by atoms with van der Waals surface area (Å²) in [5.74, 6) is 1.58. The predicted molar refractivity (Wildman–Crippen MR) is 40.5 cm³/mol. The van der Waals surface area contributed by atoms with Crippen LogP contribution < -0.4 is 5.73 Å². The van der Waals surface area contributed by atoms with Crippen LogP contribution in [0.4, 0.5) is 0 Å². The average molecular weight is 149 g/mol. The van der Waals surface area contributed by atoms with E-state index < -0.39 is 0 Å². The minimum absolute atomic E-state index is 0.107. The van der Waals surface area contributed by atoms with Crippen LogP contribution in [0.2, 0.25) is 0 Å². The van der Waals surface area contributed by atoms with Crippen molar-refractivity contribution in [1.29, 1.82) is 0 Å². The average Bonchev–Trinajstić information content (AvgIpc) is 2.46. The van der Waals surface area contributed by atoms with Crippen LogP contribution in [-0.4, -0.2) is 5.91 Å². The molecule has 0 radical (unpaired) electrons. The van der Waals surface area contributed by atoms with E-state index in [4.69, 9.17) is 5.73 Å². The zero-order valence-corrected chi connectivity index (χ0v) is 6.34. The molecule has 1 fully saturated rings. The molecule has 0 aliphatic heterocycles. The number of carbonyl (C=O) groups excluding carboxylic acids is 1. The first-order valence-electron chi connectivity index (χ1n) is 4.34. The molecule has 1 saturated carbocycles. The molecule has 3 atom stereocenters. The summed E-state index contributed by atoms with van der Waals surface area (Å²) < 4.78 is 0. The fraction of sp³-hybridized carbons (Fsp3) is 0.667. The van der Waals surface area contributed by atoms with Crippen molar-refractivity contribution in [3.63, 3.8) is 0 Å². The fourth-order valence-electron chi connectivity index (χ4n) is 3.03. The van der Waals surface area contributed by atoms with Crippen LogP contribution in [0.25, 0.3) is 0 Å². The Hall–Kier alpha value is -0.790. The lowest BCUT2D eigenvalue weighted by atomic mass is 9.86. The number of nitrogens with two attached hydrogens (primary N) is 1. The molecule has 11 heavy (non-hydrogen) atoms. The van der Waals surface area contributed by atoms with E-state index in [1.807, 2.05) is 0 Å². The summed E-state index contributed by atoms with van der Waals surface area (Å²) in [4.78, 5) is 10.8. The third-order valence-corrected chi connectivity index (χ3v) is 3.47. The molecular weight excluding hydrogens is 138 g/mol. The van der Waals surface area contributed by atoms with Gasteiger partial charge in [0.05, 0.1) is 5.92 Å². The second-order valence-electron chi connectivity index (χ2n) is 3.89. The van der Waals surface area contributed by atoms with Crippen LogP contribution in [0.15, 0.2) is 11.1 Å². The van der Waals surface area contributed by atoms with E-state index in [9.17, 15) is 4.79 Å². The molecule has 1 amide bonds. The molecule has 0 saturated heterocycles. The zero-order valence-electron chi connectivity index (χ0n) is 6.34. The molecule has 0 aromatic heterocycles. The molecule has 2 heteroatoms. The maximum atomic E-state index is 10.8. The second-order valence-corrected chi connectivity index (χ2v) is 3.89. The third-order valence-electron chi connectivity index (χ3n) is 3.47. The van der Waals surface area contributed by atoms with Gasteiger partial charge in [0.15, 0.2) is 0 Å². The van der Waals surface area contributed by atoms with E-state index >= 15 is 0 Å². The highest BCUT2D eigenvalue weighted by Gasteiger charge is 2.60. The number of amides is 1. The van der Waals surface area contributed by atoms with Gasteiger partial charge in [0.25, 0.3) is 0 Å².